The van der Waals surface area contributed by atoms with Crippen LogP contribution in [-0.4, -0.2) is 30.5 Å². The molecule has 6 nitrogen and oxygen atoms in total. The fraction of sp³-hybridized carbons (Fsp3) is 0.833. The van der Waals surface area contributed by atoms with Crippen LogP contribution < -0.4 is 5.73 Å². The molecule has 0 amide bonds. The van der Waals surface area contributed by atoms with E-state index in [1.54, 1.807) is 7.11 Å². The summed E-state index contributed by atoms with van der Waals surface area (Å²) in [6, 6.07) is 0. The molecule has 0 aliphatic rings. The molecule has 1 rings (SSSR count). The van der Waals surface area contributed by atoms with E-state index < -0.39 is 11.1 Å². The van der Waals surface area contributed by atoms with Gasteiger partial charge in [0.1, 0.15) is 11.1 Å². The predicted molar refractivity (Wildman–Crippen MR) is 67.0 cm³/mol. The zero-order chi connectivity index (χ0) is 13.8. The maximum absolute atomic E-state index is 6.11. The van der Waals surface area contributed by atoms with Crippen LogP contribution in [0.5, 0.6) is 0 Å². The third-order valence-corrected chi connectivity index (χ3v) is 3.12. The summed E-state index contributed by atoms with van der Waals surface area (Å²) in [6.07, 6.45) is 0.734. The minimum atomic E-state index is -0.764. The summed E-state index contributed by atoms with van der Waals surface area (Å²) in [6.45, 7) is 8.57. The van der Waals surface area contributed by atoms with Crippen LogP contribution in [0.4, 0.5) is 0 Å². The van der Waals surface area contributed by atoms with Gasteiger partial charge in [-0.05, 0) is 27.2 Å². The van der Waals surface area contributed by atoms with Gasteiger partial charge in [0, 0.05) is 13.7 Å². The number of nitrogens with two attached hydrogens (primary N) is 1. The molecule has 0 radical (unpaired) electrons. The second kappa shape index (κ2) is 5.77. The van der Waals surface area contributed by atoms with Gasteiger partial charge in [0.2, 0.25) is 0 Å². The summed E-state index contributed by atoms with van der Waals surface area (Å²) >= 11 is 0. The van der Waals surface area contributed by atoms with Crippen molar-refractivity contribution >= 4 is 0 Å². The first-order valence-corrected chi connectivity index (χ1v) is 6.16. The summed E-state index contributed by atoms with van der Waals surface area (Å²) in [5.74, 6) is 0.873. The number of methoxy groups -OCH3 is 1. The monoisotopic (exact) mass is 257 g/mol. The van der Waals surface area contributed by atoms with Crippen LogP contribution in [0.3, 0.4) is 0 Å². The van der Waals surface area contributed by atoms with E-state index in [9.17, 15) is 0 Å². The van der Waals surface area contributed by atoms with Gasteiger partial charge in [-0.15, -0.1) is 0 Å². The topological polar surface area (TPSA) is 83.4 Å². The Bertz CT molecular complexity index is 372. The largest absolute Gasteiger partial charge is 0.379 e. The number of rotatable bonds is 7. The van der Waals surface area contributed by atoms with Gasteiger partial charge in [-0.2, -0.15) is 4.98 Å². The number of hydrogen-bond acceptors (Lipinski definition) is 6. The zero-order valence-electron chi connectivity index (χ0n) is 11.8. The smallest absolute Gasteiger partial charge is 0.258 e. The maximum atomic E-state index is 6.11. The summed E-state index contributed by atoms with van der Waals surface area (Å²) in [5.41, 5.74) is 4.77. The highest BCUT2D eigenvalue weighted by atomic mass is 16.5. The predicted octanol–water partition coefficient (Wildman–Crippen LogP) is 1.55. The first-order chi connectivity index (χ1) is 8.39. The standard InChI is InChI=1S/C12H23N3O3/c1-6-12(4,16-5)10-14-9(15-18-10)11(3,13)8-17-7-2/h6-8,13H2,1-5H3. The fourth-order valence-electron chi connectivity index (χ4n) is 1.43. The lowest BCUT2D eigenvalue weighted by atomic mass is 10.0. The molecule has 1 aromatic heterocycles. The van der Waals surface area contributed by atoms with Crippen LogP contribution >= 0.6 is 0 Å². The third-order valence-electron chi connectivity index (χ3n) is 3.12. The Morgan fingerprint density at radius 1 is 1.33 bits per heavy atom. The second-order valence-electron chi connectivity index (χ2n) is 4.77. The SMILES string of the molecule is CCOCC(C)(N)c1noc(C(C)(CC)OC)n1. The van der Waals surface area contributed by atoms with Gasteiger partial charge < -0.3 is 19.7 Å². The molecule has 6 heteroatoms. The molecule has 104 valence electrons. The zero-order valence-corrected chi connectivity index (χ0v) is 11.8. The average Bonchev–Trinajstić information content (AvgIpc) is 2.86. The van der Waals surface area contributed by atoms with Gasteiger partial charge in [0.15, 0.2) is 5.82 Å². The summed E-state index contributed by atoms with van der Waals surface area (Å²) < 4.78 is 16.0. The van der Waals surface area contributed by atoms with E-state index in [-0.39, 0.29) is 0 Å². The molecule has 0 aliphatic carbocycles. The molecular weight excluding hydrogens is 234 g/mol. The minimum absolute atomic E-state index is 0.346. The van der Waals surface area contributed by atoms with Gasteiger partial charge in [-0.1, -0.05) is 12.1 Å². The first-order valence-electron chi connectivity index (χ1n) is 6.16. The quantitative estimate of drug-likeness (QED) is 0.798. The number of aromatic nitrogens is 2. The van der Waals surface area contributed by atoms with Crippen LogP contribution in [0.1, 0.15) is 45.8 Å². The Balaban J connectivity index is 2.92. The van der Waals surface area contributed by atoms with Crippen LogP contribution in [0, 0.1) is 0 Å². The molecule has 2 N–H and O–H groups in total. The van der Waals surface area contributed by atoms with Crippen molar-refractivity contribution in [2.75, 3.05) is 20.3 Å². The van der Waals surface area contributed by atoms with E-state index in [1.807, 2.05) is 27.7 Å². The van der Waals surface area contributed by atoms with Crippen molar-refractivity contribution in [2.24, 2.45) is 5.73 Å². The molecule has 2 atom stereocenters. The molecule has 0 spiro atoms. The number of nitrogens with zero attached hydrogens (tertiary/aromatic N) is 2. The Labute approximate surface area is 108 Å². The second-order valence-corrected chi connectivity index (χ2v) is 4.77. The Morgan fingerprint density at radius 2 is 2.00 bits per heavy atom. The maximum Gasteiger partial charge on any atom is 0.258 e. The highest BCUT2D eigenvalue weighted by molar-refractivity contribution is 5.05. The summed E-state index contributed by atoms with van der Waals surface area (Å²) in [7, 11) is 1.62. The molecule has 0 fully saturated rings. The lowest BCUT2D eigenvalue weighted by molar-refractivity contribution is -0.0272. The van der Waals surface area contributed by atoms with E-state index in [2.05, 4.69) is 10.1 Å². The van der Waals surface area contributed by atoms with Crippen LogP contribution in [0.15, 0.2) is 4.52 Å². The molecule has 0 saturated heterocycles. The molecule has 18 heavy (non-hydrogen) atoms. The van der Waals surface area contributed by atoms with E-state index in [0.29, 0.717) is 24.9 Å². The van der Waals surface area contributed by atoms with Crippen molar-refractivity contribution in [3.63, 3.8) is 0 Å². The van der Waals surface area contributed by atoms with Gasteiger partial charge >= 0.3 is 0 Å². The summed E-state index contributed by atoms with van der Waals surface area (Å²) in [4.78, 5) is 4.34. The van der Waals surface area contributed by atoms with Gasteiger partial charge in [0.25, 0.3) is 5.89 Å². The molecule has 0 bridgehead atoms. The average molecular weight is 257 g/mol. The van der Waals surface area contributed by atoms with Crippen molar-refractivity contribution in [1.82, 2.24) is 10.1 Å². The number of ether oxygens (including phenoxy) is 2. The van der Waals surface area contributed by atoms with Crippen molar-refractivity contribution < 1.29 is 14.0 Å². The van der Waals surface area contributed by atoms with Crippen LogP contribution in [-0.2, 0) is 20.6 Å². The van der Waals surface area contributed by atoms with Crippen molar-refractivity contribution in [3.8, 4) is 0 Å². The van der Waals surface area contributed by atoms with Crippen molar-refractivity contribution in [3.05, 3.63) is 11.7 Å². The molecule has 0 aliphatic heterocycles. The molecule has 0 saturated carbocycles. The van der Waals surface area contributed by atoms with Crippen LogP contribution in [0.25, 0.3) is 0 Å². The Kier molecular flexibility index (Phi) is 4.84. The molecule has 0 aromatic carbocycles. The van der Waals surface area contributed by atoms with Gasteiger partial charge in [0.05, 0.1) is 6.61 Å². The Morgan fingerprint density at radius 3 is 2.50 bits per heavy atom. The molecule has 1 heterocycles. The van der Waals surface area contributed by atoms with E-state index in [4.69, 9.17) is 19.7 Å². The first kappa shape index (κ1) is 15.1. The lowest BCUT2D eigenvalue weighted by Crippen LogP contribution is -2.39. The van der Waals surface area contributed by atoms with Crippen molar-refractivity contribution in [1.29, 1.82) is 0 Å². The van der Waals surface area contributed by atoms with Gasteiger partial charge in [-0.3, -0.25) is 0 Å². The minimum Gasteiger partial charge on any atom is -0.379 e. The molecule has 1 aromatic rings. The Hall–Kier alpha value is -0.980. The number of hydrogen-bond donors (Lipinski definition) is 1. The summed E-state index contributed by atoms with van der Waals surface area (Å²) in [5, 5.41) is 3.93. The van der Waals surface area contributed by atoms with E-state index in [0.717, 1.165) is 6.42 Å². The van der Waals surface area contributed by atoms with Crippen LogP contribution in [0.2, 0.25) is 0 Å². The normalized spacial score (nSPS) is 18.3. The third kappa shape index (κ3) is 3.07. The molecular formula is C12H23N3O3. The highest BCUT2D eigenvalue weighted by Gasteiger charge is 2.34. The van der Waals surface area contributed by atoms with Gasteiger partial charge in [-0.25, -0.2) is 0 Å². The van der Waals surface area contributed by atoms with E-state index >= 15 is 0 Å². The highest BCUT2D eigenvalue weighted by Crippen LogP contribution is 2.28. The van der Waals surface area contributed by atoms with Crippen molar-refractivity contribution in [2.45, 2.75) is 45.3 Å². The van der Waals surface area contributed by atoms with E-state index in [1.165, 1.54) is 0 Å². The lowest BCUT2D eigenvalue weighted by Gasteiger charge is -2.22. The molecule has 2 unspecified atom stereocenters. The fourth-order valence-corrected chi connectivity index (χ4v) is 1.43.